The van der Waals surface area contributed by atoms with Gasteiger partial charge in [0, 0.05) is 11.4 Å². The molecule has 0 spiro atoms. The van der Waals surface area contributed by atoms with Gasteiger partial charge in [-0.15, -0.1) is 0 Å². The Balaban J connectivity index is 2.48. The minimum absolute atomic E-state index is 0.384. The van der Waals surface area contributed by atoms with Crippen LogP contribution in [0.3, 0.4) is 0 Å². The van der Waals surface area contributed by atoms with Crippen molar-refractivity contribution in [2.45, 2.75) is 10.5 Å². The van der Waals surface area contributed by atoms with Crippen LogP contribution in [-0.4, -0.2) is 31.8 Å². The van der Waals surface area contributed by atoms with Gasteiger partial charge in [-0.2, -0.15) is 0 Å². The van der Waals surface area contributed by atoms with Crippen LogP contribution in [0, 0.1) is 0 Å². The molecule has 23 heavy (non-hydrogen) atoms. The molecule has 0 fully saturated rings. The molecule has 124 valence electrons. The van der Waals surface area contributed by atoms with Gasteiger partial charge >= 0.3 is 0 Å². The number of benzene rings is 2. The van der Waals surface area contributed by atoms with Gasteiger partial charge in [-0.25, -0.2) is 8.42 Å². The van der Waals surface area contributed by atoms with Crippen molar-refractivity contribution in [2.24, 2.45) is 0 Å². The molecule has 0 radical (unpaired) electrons. The molecule has 0 heterocycles. The van der Waals surface area contributed by atoms with Crippen molar-refractivity contribution in [3.63, 3.8) is 0 Å². The van der Waals surface area contributed by atoms with Crippen molar-refractivity contribution in [3.8, 4) is 0 Å². The third-order valence-corrected chi connectivity index (χ3v) is 6.12. The Morgan fingerprint density at radius 3 is 1.52 bits per heavy atom. The molecule has 0 saturated heterocycles. The number of nitrogen functional groups attached to an aromatic ring is 2. The molecular weight excluding hydrogens is 316 g/mol. The van der Waals surface area contributed by atoms with Gasteiger partial charge in [-0.3, -0.25) is 0 Å². The van der Waals surface area contributed by atoms with E-state index in [-0.39, 0.29) is 0 Å². The van der Waals surface area contributed by atoms with Gasteiger partial charge in [0.25, 0.3) is 0 Å². The summed E-state index contributed by atoms with van der Waals surface area (Å²) in [5, 5.41) is 16.9. The molecule has 0 bridgehead atoms. The Labute approximate surface area is 135 Å². The molecule has 2 aromatic rings. The van der Waals surface area contributed by atoms with Gasteiger partial charge < -0.3 is 21.7 Å². The molecule has 7 heteroatoms. The second-order valence-corrected chi connectivity index (χ2v) is 7.59. The van der Waals surface area contributed by atoms with Crippen molar-refractivity contribution in [1.29, 1.82) is 0 Å². The first-order valence-electron chi connectivity index (χ1n) is 7.05. The first-order chi connectivity index (χ1) is 10.9. The van der Waals surface area contributed by atoms with Crippen LogP contribution in [0.25, 0.3) is 0 Å². The number of nitrogens with two attached hydrogens (primary N) is 2. The van der Waals surface area contributed by atoms with E-state index in [0.29, 0.717) is 22.5 Å². The van der Waals surface area contributed by atoms with Crippen LogP contribution >= 0.6 is 0 Å². The first-order valence-corrected chi connectivity index (χ1v) is 8.66. The van der Waals surface area contributed by atoms with E-state index in [1.165, 1.54) is 12.1 Å². The molecule has 6 nitrogen and oxygen atoms in total. The fourth-order valence-corrected chi connectivity index (χ4v) is 4.38. The SMILES string of the molecule is Nc1cccc(C(CO)S(=O)(=O)C(CO)c2cccc(N)c2)c1. The second kappa shape index (κ2) is 6.99. The minimum atomic E-state index is -3.91. The fraction of sp³-hybridized carbons (Fsp3) is 0.250. The Kier molecular flexibility index (Phi) is 5.25. The zero-order valence-electron chi connectivity index (χ0n) is 12.5. The summed E-state index contributed by atoms with van der Waals surface area (Å²) in [7, 11) is -3.91. The molecule has 0 aliphatic heterocycles. The first kappa shape index (κ1) is 17.3. The van der Waals surface area contributed by atoms with Crippen LogP contribution < -0.4 is 11.5 Å². The summed E-state index contributed by atoms with van der Waals surface area (Å²) in [6, 6.07) is 12.7. The van der Waals surface area contributed by atoms with E-state index in [0.717, 1.165) is 0 Å². The third kappa shape index (κ3) is 3.64. The number of aliphatic hydroxyl groups excluding tert-OH is 2. The number of rotatable bonds is 6. The van der Waals surface area contributed by atoms with Gasteiger partial charge in [-0.1, -0.05) is 24.3 Å². The average Bonchev–Trinajstić information content (AvgIpc) is 2.48. The molecule has 2 aromatic carbocycles. The van der Waals surface area contributed by atoms with Crippen LogP contribution in [0.1, 0.15) is 21.6 Å². The molecule has 0 aromatic heterocycles. The topological polar surface area (TPSA) is 127 Å². The molecule has 0 aliphatic carbocycles. The van der Waals surface area contributed by atoms with Crippen LogP contribution in [0.5, 0.6) is 0 Å². The lowest BCUT2D eigenvalue weighted by Crippen LogP contribution is -2.26. The molecule has 2 unspecified atom stereocenters. The lowest BCUT2D eigenvalue weighted by molar-refractivity contribution is 0.279. The van der Waals surface area contributed by atoms with Crippen molar-refractivity contribution in [1.82, 2.24) is 0 Å². The highest BCUT2D eigenvalue weighted by molar-refractivity contribution is 7.92. The van der Waals surface area contributed by atoms with Crippen molar-refractivity contribution in [3.05, 3.63) is 59.7 Å². The van der Waals surface area contributed by atoms with Gasteiger partial charge in [0.2, 0.25) is 0 Å². The maximum atomic E-state index is 12.9. The molecule has 0 saturated carbocycles. The summed E-state index contributed by atoms with van der Waals surface area (Å²) in [5.41, 5.74) is 13.0. The summed E-state index contributed by atoms with van der Waals surface area (Å²) in [5.74, 6) is 0. The summed E-state index contributed by atoms with van der Waals surface area (Å²) in [4.78, 5) is 0. The molecule has 0 amide bonds. The predicted octanol–water partition coefficient (Wildman–Crippen LogP) is 1.03. The Hall–Kier alpha value is -2.09. The standard InChI is InChI=1S/C16H20N2O4S/c17-13-5-1-3-11(7-13)15(9-19)23(21,22)16(10-20)12-4-2-6-14(18)8-12/h1-8,15-16,19-20H,9-10,17-18H2. The summed E-state index contributed by atoms with van der Waals surface area (Å²) < 4.78 is 25.8. The van der Waals surface area contributed by atoms with Crippen LogP contribution in [0.2, 0.25) is 0 Å². The number of hydrogen-bond donors (Lipinski definition) is 4. The monoisotopic (exact) mass is 336 g/mol. The van der Waals surface area contributed by atoms with E-state index in [2.05, 4.69) is 0 Å². The quantitative estimate of drug-likeness (QED) is 0.584. The van der Waals surface area contributed by atoms with Crippen LogP contribution in [0.4, 0.5) is 11.4 Å². The number of aliphatic hydroxyl groups is 2. The molecule has 0 aliphatic rings. The minimum Gasteiger partial charge on any atom is -0.399 e. The zero-order valence-corrected chi connectivity index (χ0v) is 13.3. The van der Waals surface area contributed by atoms with Crippen LogP contribution in [-0.2, 0) is 9.84 Å². The molecule has 2 atom stereocenters. The highest BCUT2D eigenvalue weighted by atomic mass is 32.2. The number of anilines is 2. The Morgan fingerprint density at radius 1 is 0.826 bits per heavy atom. The highest BCUT2D eigenvalue weighted by Crippen LogP contribution is 2.34. The highest BCUT2D eigenvalue weighted by Gasteiger charge is 2.35. The van der Waals surface area contributed by atoms with Gasteiger partial charge in [-0.05, 0) is 35.4 Å². The number of sulfone groups is 1. The maximum Gasteiger partial charge on any atom is 0.168 e. The van der Waals surface area contributed by atoms with Crippen molar-refractivity contribution < 1.29 is 18.6 Å². The van der Waals surface area contributed by atoms with Crippen molar-refractivity contribution in [2.75, 3.05) is 24.7 Å². The molecule has 6 N–H and O–H groups in total. The van der Waals surface area contributed by atoms with Gasteiger partial charge in [0.15, 0.2) is 9.84 Å². The largest absolute Gasteiger partial charge is 0.399 e. The van der Waals surface area contributed by atoms with Crippen molar-refractivity contribution >= 4 is 21.2 Å². The van der Waals surface area contributed by atoms with E-state index < -0.39 is 33.6 Å². The smallest absolute Gasteiger partial charge is 0.168 e. The van der Waals surface area contributed by atoms with Gasteiger partial charge in [0.1, 0.15) is 10.5 Å². The van der Waals surface area contributed by atoms with E-state index >= 15 is 0 Å². The fourth-order valence-electron chi connectivity index (χ4n) is 2.51. The van der Waals surface area contributed by atoms with E-state index in [1.54, 1.807) is 36.4 Å². The second-order valence-electron chi connectivity index (χ2n) is 5.27. The Morgan fingerprint density at radius 2 is 1.22 bits per heavy atom. The summed E-state index contributed by atoms with van der Waals surface area (Å²) in [6.45, 7) is -1.21. The number of hydrogen-bond acceptors (Lipinski definition) is 6. The normalized spacial score (nSPS) is 14.3. The van der Waals surface area contributed by atoms with E-state index in [4.69, 9.17) is 11.5 Å². The Bertz CT molecular complexity index is 718. The molecular formula is C16H20N2O4S. The van der Waals surface area contributed by atoms with Gasteiger partial charge in [0.05, 0.1) is 13.2 Å². The van der Waals surface area contributed by atoms with Crippen LogP contribution in [0.15, 0.2) is 48.5 Å². The third-order valence-electron chi connectivity index (χ3n) is 3.69. The predicted molar refractivity (Wildman–Crippen MR) is 90.3 cm³/mol. The molecule has 2 rings (SSSR count). The summed E-state index contributed by atoms with van der Waals surface area (Å²) in [6.07, 6.45) is 0. The average molecular weight is 336 g/mol. The maximum absolute atomic E-state index is 12.9. The zero-order chi connectivity index (χ0) is 17.0. The van der Waals surface area contributed by atoms with E-state index in [1.807, 2.05) is 0 Å². The lowest BCUT2D eigenvalue weighted by atomic mass is 10.1. The van der Waals surface area contributed by atoms with E-state index in [9.17, 15) is 18.6 Å². The lowest BCUT2D eigenvalue weighted by Gasteiger charge is -2.23. The summed E-state index contributed by atoms with van der Waals surface area (Å²) >= 11 is 0.